The normalized spacial score (nSPS) is 12.5. The molecule has 18 heavy (non-hydrogen) atoms. The van der Waals surface area contributed by atoms with Crippen molar-refractivity contribution >= 4 is 35.0 Å². The van der Waals surface area contributed by atoms with E-state index in [1.54, 1.807) is 15.9 Å². The first-order valence-electron chi connectivity index (χ1n) is 5.18. The van der Waals surface area contributed by atoms with E-state index < -0.39 is 5.97 Å². The average Bonchev–Trinajstić information content (AvgIpc) is 2.94. The largest absolute Gasteiger partial charge is 0.481 e. The van der Waals surface area contributed by atoms with Crippen LogP contribution >= 0.6 is 23.1 Å². The van der Waals surface area contributed by atoms with E-state index in [4.69, 9.17) is 10.8 Å². The Kier molecular flexibility index (Phi) is 3.87. The molecule has 2 rings (SSSR count). The van der Waals surface area contributed by atoms with E-state index in [2.05, 4.69) is 10.2 Å². The van der Waals surface area contributed by atoms with Gasteiger partial charge in [0, 0.05) is 4.88 Å². The Bertz CT molecular complexity index is 538. The predicted octanol–water partition coefficient (Wildman–Crippen LogP) is 1.71. The number of nitrogens with zero attached hydrogens (tertiary/aromatic N) is 3. The summed E-state index contributed by atoms with van der Waals surface area (Å²) < 4.78 is 1.75. The molecular formula is C10H12N4O2S2. The fourth-order valence-corrected chi connectivity index (χ4v) is 3.05. The van der Waals surface area contributed by atoms with Crippen molar-refractivity contribution in [2.75, 3.05) is 11.5 Å². The minimum atomic E-state index is -0.892. The van der Waals surface area contributed by atoms with Gasteiger partial charge in [-0.15, -0.1) is 21.5 Å². The molecule has 0 radical (unpaired) electrons. The molecule has 0 spiro atoms. The number of aliphatic carboxylic acids is 1. The summed E-state index contributed by atoms with van der Waals surface area (Å²) >= 11 is 2.73. The van der Waals surface area contributed by atoms with Crippen LogP contribution in [0.15, 0.2) is 22.7 Å². The second-order valence-corrected chi connectivity index (χ2v) is 5.51. The summed E-state index contributed by atoms with van der Waals surface area (Å²) in [5, 5.41) is 18.9. The summed E-state index contributed by atoms with van der Waals surface area (Å²) in [6.07, 6.45) is 0. The number of aromatic nitrogens is 3. The van der Waals surface area contributed by atoms with Gasteiger partial charge in [-0.25, -0.2) is 0 Å². The summed E-state index contributed by atoms with van der Waals surface area (Å²) in [5.41, 5.74) is 5.79. The monoisotopic (exact) mass is 284 g/mol. The highest BCUT2D eigenvalue weighted by atomic mass is 32.2. The molecule has 96 valence electrons. The van der Waals surface area contributed by atoms with Gasteiger partial charge in [-0.2, -0.15) is 0 Å². The Balaban J connectivity index is 2.26. The number of rotatable bonds is 5. The number of nitrogen functional groups attached to an aromatic ring is 1. The van der Waals surface area contributed by atoms with Crippen molar-refractivity contribution in [2.45, 2.75) is 18.1 Å². The van der Waals surface area contributed by atoms with Crippen LogP contribution in [0, 0.1) is 0 Å². The van der Waals surface area contributed by atoms with Gasteiger partial charge in [-0.3, -0.25) is 9.36 Å². The molecule has 3 N–H and O–H groups in total. The zero-order chi connectivity index (χ0) is 13.1. The first kappa shape index (κ1) is 12.9. The highest BCUT2D eigenvalue weighted by Gasteiger charge is 2.18. The van der Waals surface area contributed by atoms with E-state index in [1.165, 1.54) is 0 Å². The maximum absolute atomic E-state index is 10.6. The van der Waals surface area contributed by atoms with Crippen LogP contribution in [0.3, 0.4) is 0 Å². The number of anilines is 1. The van der Waals surface area contributed by atoms with E-state index >= 15 is 0 Å². The van der Waals surface area contributed by atoms with Gasteiger partial charge in [0.25, 0.3) is 0 Å². The van der Waals surface area contributed by atoms with Crippen LogP contribution in [0.2, 0.25) is 0 Å². The van der Waals surface area contributed by atoms with Crippen molar-refractivity contribution < 1.29 is 9.90 Å². The highest BCUT2D eigenvalue weighted by Crippen LogP contribution is 2.29. The molecule has 0 aliphatic heterocycles. The average molecular weight is 284 g/mol. The lowest BCUT2D eigenvalue weighted by atomic mass is 10.3. The molecule has 2 heterocycles. The quantitative estimate of drug-likeness (QED) is 0.812. The Labute approximate surface area is 112 Å². The standard InChI is InChI=1S/C10H12N4O2S2/c1-6(7-3-2-4-17-7)14-9(11)12-13-10(14)18-5-8(15)16/h2-4,6H,5H2,1H3,(H2,11,12)(H,15,16). The lowest BCUT2D eigenvalue weighted by molar-refractivity contribution is -0.133. The molecule has 0 aliphatic rings. The van der Waals surface area contributed by atoms with E-state index in [0.717, 1.165) is 16.6 Å². The van der Waals surface area contributed by atoms with E-state index in [-0.39, 0.29) is 11.8 Å². The third-order valence-corrected chi connectivity index (χ3v) is 4.33. The summed E-state index contributed by atoms with van der Waals surface area (Å²) in [6.45, 7) is 1.98. The molecule has 1 unspecified atom stereocenters. The number of carboxylic acid groups (broad SMARTS) is 1. The van der Waals surface area contributed by atoms with Crippen LogP contribution < -0.4 is 5.73 Å². The molecule has 1 atom stereocenters. The van der Waals surface area contributed by atoms with Crippen molar-refractivity contribution in [3.05, 3.63) is 22.4 Å². The molecule has 0 amide bonds. The molecular weight excluding hydrogens is 272 g/mol. The fourth-order valence-electron chi connectivity index (χ4n) is 1.53. The van der Waals surface area contributed by atoms with Crippen molar-refractivity contribution in [3.63, 3.8) is 0 Å². The molecule has 0 saturated carbocycles. The number of thiophene rings is 1. The maximum Gasteiger partial charge on any atom is 0.313 e. The molecule has 0 bridgehead atoms. The van der Waals surface area contributed by atoms with E-state index in [1.807, 2.05) is 24.4 Å². The van der Waals surface area contributed by atoms with E-state index in [9.17, 15) is 4.79 Å². The van der Waals surface area contributed by atoms with Crippen molar-refractivity contribution in [1.82, 2.24) is 14.8 Å². The second-order valence-electron chi connectivity index (χ2n) is 3.58. The Morgan fingerprint density at radius 3 is 3.06 bits per heavy atom. The summed E-state index contributed by atoms with van der Waals surface area (Å²) in [7, 11) is 0. The van der Waals surface area contributed by atoms with Gasteiger partial charge in [0.2, 0.25) is 5.95 Å². The zero-order valence-corrected chi connectivity index (χ0v) is 11.2. The van der Waals surface area contributed by atoms with Gasteiger partial charge in [0.1, 0.15) is 0 Å². The predicted molar refractivity (Wildman–Crippen MR) is 70.9 cm³/mol. The number of nitrogens with two attached hydrogens (primary N) is 1. The smallest absolute Gasteiger partial charge is 0.313 e. The van der Waals surface area contributed by atoms with Crippen LogP contribution in [-0.4, -0.2) is 31.6 Å². The van der Waals surface area contributed by atoms with Gasteiger partial charge >= 0.3 is 5.97 Å². The molecule has 6 nitrogen and oxygen atoms in total. The summed E-state index contributed by atoms with van der Waals surface area (Å²) in [6, 6.07) is 3.96. The Morgan fingerprint density at radius 1 is 1.67 bits per heavy atom. The van der Waals surface area contributed by atoms with Gasteiger partial charge in [-0.1, -0.05) is 17.8 Å². The minimum Gasteiger partial charge on any atom is -0.481 e. The molecule has 0 aromatic carbocycles. The number of thioether (sulfide) groups is 1. The maximum atomic E-state index is 10.6. The Morgan fingerprint density at radius 2 is 2.44 bits per heavy atom. The van der Waals surface area contributed by atoms with Crippen LogP contribution in [0.1, 0.15) is 17.8 Å². The van der Waals surface area contributed by atoms with Crippen LogP contribution in [0.25, 0.3) is 0 Å². The number of carboxylic acids is 1. The van der Waals surface area contributed by atoms with Crippen LogP contribution in [0.5, 0.6) is 0 Å². The van der Waals surface area contributed by atoms with Gasteiger partial charge in [-0.05, 0) is 18.4 Å². The molecule has 0 fully saturated rings. The molecule has 0 aliphatic carbocycles. The lowest BCUT2D eigenvalue weighted by Crippen LogP contribution is -2.11. The number of carbonyl (C=O) groups is 1. The topological polar surface area (TPSA) is 94.0 Å². The van der Waals surface area contributed by atoms with Crippen molar-refractivity contribution in [3.8, 4) is 0 Å². The second kappa shape index (κ2) is 5.40. The molecule has 0 saturated heterocycles. The molecule has 2 aromatic heterocycles. The van der Waals surface area contributed by atoms with Crippen LogP contribution in [-0.2, 0) is 4.79 Å². The molecule has 2 aromatic rings. The van der Waals surface area contributed by atoms with Gasteiger partial charge in [0.15, 0.2) is 5.16 Å². The Hall–Kier alpha value is -1.54. The SMILES string of the molecule is CC(c1cccs1)n1c(N)nnc1SCC(=O)O. The number of hydrogen-bond acceptors (Lipinski definition) is 6. The van der Waals surface area contributed by atoms with Crippen molar-refractivity contribution in [2.24, 2.45) is 0 Å². The van der Waals surface area contributed by atoms with Crippen LogP contribution in [0.4, 0.5) is 5.95 Å². The summed E-state index contributed by atoms with van der Waals surface area (Å²) in [4.78, 5) is 11.7. The lowest BCUT2D eigenvalue weighted by Gasteiger charge is -2.14. The third-order valence-electron chi connectivity index (χ3n) is 2.36. The highest BCUT2D eigenvalue weighted by molar-refractivity contribution is 7.99. The first-order valence-corrected chi connectivity index (χ1v) is 7.04. The van der Waals surface area contributed by atoms with Gasteiger partial charge in [0.05, 0.1) is 11.8 Å². The minimum absolute atomic E-state index is 0.00343. The zero-order valence-electron chi connectivity index (χ0n) is 9.61. The fraction of sp³-hybridized carbons (Fsp3) is 0.300. The van der Waals surface area contributed by atoms with Crippen molar-refractivity contribution in [1.29, 1.82) is 0 Å². The molecule has 8 heteroatoms. The van der Waals surface area contributed by atoms with Gasteiger partial charge < -0.3 is 10.8 Å². The summed E-state index contributed by atoms with van der Waals surface area (Å²) in [5.74, 6) is -0.657. The third kappa shape index (κ3) is 2.65. The number of hydrogen-bond donors (Lipinski definition) is 2. The first-order chi connectivity index (χ1) is 8.59. The van der Waals surface area contributed by atoms with E-state index in [0.29, 0.717) is 11.1 Å².